The van der Waals surface area contributed by atoms with Crippen molar-refractivity contribution in [2.45, 2.75) is 40.5 Å². The van der Waals surface area contributed by atoms with Crippen LogP contribution in [0, 0.1) is 25.7 Å². The first-order chi connectivity index (χ1) is 10.9. The van der Waals surface area contributed by atoms with Gasteiger partial charge in [-0.25, -0.2) is 0 Å². The van der Waals surface area contributed by atoms with E-state index in [0.29, 0.717) is 0 Å². The first kappa shape index (κ1) is 18.2. The van der Waals surface area contributed by atoms with Crippen LogP contribution in [-0.4, -0.2) is 36.2 Å². The van der Waals surface area contributed by atoms with Crippen LogP contribution in [0.3, 0.4) is 0 Å². The van der Waals surface area contributed by atoms with Crippen molar-refractivity contribution in [1.29, 1.82) is 0 Å². The topological polar surface area (TPSA) is 27.3 Å². The predicted octanol–water partition coefficient (Wildman–Crippen LogP) is 3.96. The number of hydrogen-bond donors (Lipinski definition) is 2. The second kappa shape index (κ2) is 8.65. The second-order valence-corrected chi connectivity index (χ2v) is 7.72. The third-order valence-electron chi connectivity index (χ3n) is 4.36. The van der Waals surface area contributed by atoms with Crippen molar-refractivity contribution >= 4 is 23.0 Å². The molecule has 1 aromatic rings. The van der Waals surface area contributed by atoms with E-state index in [2.05, 4.69) is 61.4 Å². The van der Waals surface area contributed by atoms with Gasteiger partial charge in [0.05, 0.1) is 0 Å². The standard InChI is InChI=1S/C19H31N3S/c1-14-8-15(2)11-18(10-14)21-19(23)20-6-5-7-22-12-16(3)9-17(4)13-22/h8,10-11,16-17H,5-7,9,12-13H2,1-4H3,(H2,20,21,23)/t16-,17+. The summed E-state index contributed by atoms with van der Waals surface area (Å²) in [5, 5.41) is 7.33. The molecule has 0 saturated carbocycles. The molecule has 1 aromatic carbocycles. The molecule has 0 bridgehead atoms. The van der Waals surface area contributed by atoms with E-state index in [4.69, 9.17) is 12.2 Å². The van der Waals surface area contributed by atoms with E-state index in [9.17, 15) is 0 Å². The summed E-state index contributed by atoms with van der Waals surface area (Å²) in [5.74, 6) is 1.66. The number of piperidine rings is 1. The number of thiocarbonyl (C=S) groups is 1. The quantitative estimate of drug-likeness (QED) is 0.630. The molecule has 2 rings (SSSR count). The van der Waals surface area contributed by atoms with Gasteiger partial charge in [-0.2, -0.15) is 0 Å². The van der Waals surface area contributed by atoms with Crippen molar-refractivity contribution in [3.8, 4) is 0 Å². The Bertz CT molecular complexity index is 499. The highest BCUT2D eigenvalue weighted by Gasteiger charge is 2.20. The predicted molar refractivity (Wildman–Crippen MR) is 104 cm³/mol. The normalized spacial score (nSPS) is 21.9. The molecule has 0 radical (unpaired) electrons. The minimum atomic E-state index is 0.718. The molecule has 0 amide bonds. The number of nitrogens with one attached hydrogen (secondary N) is 2. The fraction of sp³-hybridized carbons (Fsp3) is 0.632. The molecule has 4 heteroatoms. The van der Waals surface area contributed by atoms with Crippen LogP contribution in [0.25, 0.3) is 0 Å². The van der Waals surface area contributed by atoms with Gasteiger partial charge in [0.25, 0.3) is 0 Å². The summed E-state index contributed by atoms with van der Waals surface area (Å²) in [6.45, 7) is 13.5. The van der Waals surface area contributed by atoms with E-state index in [-0.39, 0.29) is 0 Å². The Morgan fingerprint density at radius 3 is 2.35 bits per heavy atom. The van der Waals surface area contributed by atoms with E-state index < -0.39 is 0 Å². The maximum atomic E-state index is 5.39. The van der Waals surface area contributed by atoms with Crippen molar-refractivity contribution in [2.75, 3.05) is 31.5 Å². The lowest BCUT2D eigenvalue weighted by atomic mass is 9.92. The van der Waals surface area contributed by atoms with Crippen molar-refractivity contribution < 1.29 is 0 Å². The molecular weight excluding hydrogens is 302 g/mol. The zero-order valence-corrected chi connectivity index (χ0v) is 15.8. The first-order valence-corrected chi connectivity index (χ1v) is 9.18. The third-order valence-corrected chi connectivity index (χ3v) is 4.61. The lowest BCUT2D eigenvalue weighted by Crippen LogP contribution is -2.40. The highest BCUT2D eigenvalue weighted by molar-refractivity contribution is 7.80. The van der Waals surface area contributed by atoms with Gasteiger partial charge in [-0.3, -0.25) is 0 Å². The summed E-state index contributed by atoms with van der Waals surface area (Å²) in [6.07, 6.45) is 2.51. The van der Waals surface area contributed by atoms with Crippen LogP contribution in [0.15, 0.2) is 18.2 Å². The van der Waals surface area contributed by atoms with Crippen LogP contribution in [0.4, 0.5) is 5.69 Å². The molecule has 1 fully saturated rings. The van der Waals surface area contributed by atoms with Gasteiger partial charge in [0.1, 0.15) is 0 Å². The van der Waals surface area contributed by atoms with E-state index in [1.807, 2.05) is 0 Å². The molecule has 0 aliphatic carbocycles. The molecule has 0 unspecified atom stereocenters. The maximum Gasteiger partial charge on any atom is 0.170 e. The van der Waals surface area contributed by atoms with Crippen molar-refractivity contribution in [3.63, 3.8) is 0 Å². The molecule has 1 aliphatic rings. The summed E-state index contributed by atoms with van der Waals surface area (Å²) in [6, 6.07) is 6.41. The molecule has 1 aliphatic heterocycles. The van der Waals surface area contributed by atoms with Gasteiger partial charge in [0, 0.05) is 25.3 Å². The number of benzene rings is 1. The average molecular weight is 334 g/mol. The SMILES string of the molecule is Cc1cc(C)cc(NC(=S)NCCCN2C[C@H](C)C[C@H](C)C2)c1. The van der Waals surface area contributed by atoms with Crippen LogP contribution in [0.5, 0.6) is 0 Å². The summed E-state index contributed by atoms with van der Waals surface area (Å²) < 4.78 is 0. The number of likely N-dealkylation sites (tertiary alicyclic amines) is 1. The second-order valence-electron chi connectivity index (χ2n) is 7.32. The van der Waals surface area contributed by atoms with Gasteiger partial charge < -0.3 is 15.5 Å². The summed E-state index contributed by atoms with van der Waals surface area (Å²) >= 11 is 5.39. The summed E-state index contributed by atoms with van der Waals surface area (Å²) in [5.41, 5.74) is 3.57. The average Bonchev–Trinajstić information content (AvgIpc) is 2.41. The molecule has 3 nitrogen and oxygen atoms in total. The molecule has 23 heavy (non-hydrogen) atoms. The van der Waals surface area contributed by atoms with Crippen LogP contribution in [0.1, 0.15) is 37.8 Å². The van der Waals surface area contributed by atoms with Crippen molar-refractivity contribution in [2.24, 2.45) is 11.8 Å². The zero-order chi connectivity index (χ0) is 16.8. The monoisotopic (exact) mass is 333 g/mol. The van der Waals surface area contributed by atoms with Crippen LogP contribution >= 0.6 is 12.2 Å². The first-order valence-electron chi connectivity index (χ1n) is 8.78. The summed E-state index contributed by atoms with van der Waals surface area (Å²) in [7, 11) is 0. The van der Waals surface area contributed by atoms with E-state index in [0.717, 1.165) is 42.1 Å². The van der Waals surface area contributed by atoms with E-state index >= 15 is 0 Å². The number of anilines is 1. The molecule has 0 aromatic heterocycles. The summed E-state index contributed by atoms with van der Waals surface area (Å²) in [4.78, 5) is 2.60. The molecule has 2 atom stereocenters. The van der Waals surface area contributed by atoms with E-state index in [1.54, 1.807) is 0 Å². The molecule has 1 heterocycles. The lowest BCUT2D eigenvalue weighted by molar-refractivity contribution is 0.140. The Morgan fingerprint density at radius 1 is 1.13 bits per heavy atom. The van der Waals surface area contributed by atoms with Crippen LogP contribution < -0.4 is 10.6 Å². The van der Waals surface area contributed by atoms with Crippen LogP contribution in [-0.2, 0) is 0 Å². The number of rotatable bonds is 5. The fourth-order valence-electron chi connectivity index (χ4n) is 3.70. The molecule has 128 valence electrons. The lowest BCUT2D eigenvalue weighted by Gasteiger charge is -2.35. The Labute approximate surface area is 146 Å². The Balaban J connectivity index is 1.66. The smallest absolute Gasteiger partial charge is 0.170 e. The minimum Gasteiger partial charge on any atom is -0.362 e. The van der Waals surface area contributed by atoms with Gasteiger partial charge >= 0.3 is 0 Å². The van der Waals surface area contributed by atoms with Gasteiger partial charge in [0.2, 0.25) is 0 Å². The highest BCUT2D eigenvalue weighted by atomic mass is 32.1. The Hall–Kier alpha value is -1.13. The van der Waals surface area contributed by atoms with Gasteiger partial charge in [-0.05, 0) is 80.5 Å². The third kappa shape index (κ3) is 6.48. The maximum absolute atomic E-state index is 5.39. The molecule has 0 spiro atoms. The van der Waals surface area contributed by atoms with Gasteiger partial charge in [-0.15, -0.1) is 0 Å². The number of hydrogen-bond acceptors (Lipinski definition) is 2. The minimum absolute atomic E-state index is 0.718. The largest absolute Gasteiger partial charge is 0.362 e. The number of nitrogens with zero attached hydrogens (tertiary/aromatic N) is 1. The molecular formula is C19H31N3S. The Kier molecular flexibility index (Phi) is 6.85. The van der Waals surface area contributed by atoms with Crippen LogP contribution in [0.2, 0.25) is 0 Å². The fourth-order valence-corrected chi connectivity index (χ4v) is 3.92. The molecule has 2 N–H and O–H groups in total. The van der Waals surface area contributed by atoms with Crippen molar-refractivity contribution in [1.82, 2.24) is 10.2 Å². The Morgan fingerprint density at radius 2 is 1.74 bits per heavy atom. The molecule has 1 saturated heterocycles. The van der Waals surface area contributed by atoms with Crippen molar-refractivity contribution in [3.05, 3.63) is 29.3 Å². The van der Waals surface area contributed by atoms with Gasteiger partial charge in [0.15, 0.2) is 5.11 Å². The highest BCUT2D eigenvalue weighted by Crippen LogP contribution is 2.20. The number of aryl methyl sites for hydroxylation is 2. The van der Waals surface area contributed by atoms with E-state index in [1.165, 1.54) is 30.6 Å². The van der Waals surface area contributed by atoms with Gasteiger partial charge in [-0.1, -0.05) is 19.9 Å². The zero-order valence-electron chi connectivity index (χ0n) is 15.0.